The molecule has 4 aromatic carbocycles. The second-order valence-corrected chi connectivity index (χ2v) is 28.6. The molecule has 0 bridgehead atoms. The first-order valence-corrected chi connectivity index (χ1v) is 40.6. The van der Waals surface area contributed by atoms with Crippen LogP contribution in [0, 0.1) is 5.82 Å². The molecule has 3 atom stereocenters. The average Bonchev–Trinajstić information content (AvgIpc) is 0.803. The smallest absolute Gasteiger partial charge is 0.345 e. The van der Waals surface area contributed by atoms with Crippen molar-refractivity contribution in [1.29, 1.82) is 0 Å². The van der Waals surface area contributed by atoms with Gasteiger partial charge in [-0.05, 0) is 191 Å². The molecule has 10 N–H and O–H groups in total. The summed E-state index contributed by atoms with van der Waals surface area (Å²) in [6.45, 7) is 3.28. The summed E-state index contributed by atoms with van der Waals surface area (Å²) in [5, 5.41) is 9.96. The molecule has 0 aliphatic rings. The van der Waals surface area contributed by atoms with E-state index in [0.29, 0.717) is 60.7 Å². The normalized spacial score (nSPS) is 11.0. The number of carbonyl (C=O) groups excluding carboxylic acids is 2. The van der Waals surface area contributed by atoms with Crippen molar-refractivity contribution in [3.05, 3.63) is 389 Å². The molecule has 638 valence electrons. The molecule has 16 aromatic rings. The highest BCUT2D eigenvalue weighted by Gasteiger charge is 2.17. The van der Waals surface area contributed by atoms with Crippen LogP contribution in [0.2, 0.25) is 10.3 Å². The second kappa shape index (κ2) is 52.7. The van der Waals surface area contributed by atoms with Crippen molar-refractivity contribution in [1.82, 2.24) is 84.7 Å². The summed E-state index contributed by atoms with van der Waals surface area (Å²) in [6.07, 6.45) is 36.2. The van der Waals surface area contributed by atoms with Crippen molar-refractivity contribution < 1.29 is 14.0 Å². The summed E-state index contributed by atoms with van der Waals surface area (Å²) in [5.74, 6) is 1.30. The van der Waals surface area contributed by atoms with E-state index in [2.05, 4.69) is 153 Å². The average molecular weight is 1790 g/mol. The van der Waals surface area contributed by atoms with Gasteiger partial charge in [-0.15, -0.1) is 0 Å². The van der Waals surface area contributed by atoms with E-state index in [1.165, 1.54) is 35.9 Å². The number of H-pyrrole nitrogens is 1. The third kappa shape index (κ3) is 33.0. The molecule has 12 heterocycles. The number of rotatable bonds is 25. The lowest BCUT2D eigenvalue weighted by Gasteiger charge is -2.15. The summed E-state index contributed by atoms with van der Waals surface area (Å²) in [5.41, 5.74) is 33.5. The number of aromatic amines is 1. The number of nitrogens with one attached hydrogen (secondary N) is 4. The molecule has 0 radical (unpaired) electrons. The van der Waals surface area contributed by atoms with E-state index in [9.17, 15) is 18.8 Å². The van der Waals surface area contributed by atoms with Gasteiger partial charge in [0, 0.05) is 220 Å². The molecular formula is C95H92BrCl2FN24O3. The highest BCUT2D eigenvalue weighted by molar-refractivity contribution is 9.10. The maximum Gasteiger partial charge on any atom is 0.345 e. The molecule has 0 unspecified atom stereocenters. The van der Waals surface area contributed by atoms with E-state index in [-0.39, 0.29) is 53.1 Å². The Hall–Kier alpha value is -14.6. The van der Waals surface area contributed by atoms with Gasteiger partial charge in [0.25, 0.3) is 0 Å². The molecule has 0 saturated heterocycles. The zero-order valence-electron chi connectivity index (χ0n) is 68.0. The molecule has 126 heavy (non-hydrogen) atoms. The van der Waals surface area contributed by atoms with Crippen molar-refractivity contribution in [3.8, 4) is 67.4 Å². The fraction of sp³-hybridized carbons (Fsp3) is 0.137. The number of nitrogens with zero attached hydrogens (tertiary/aromatic N) is 17. The summed E-state index contributed by atoms with van der Waals surface area (Å²) < 4.78 is 14.5. The summed E-state index contributed by atoms with van der Waals surface area (Å²) in [4.78, 5) is 105. The zero-order valence-corrected chi connectivity index (χ0v) is 71.1. The summed E-state index contributed by atoms with van der Waals surface area (Å²) in [7, 11) is 1.65. The van der Waals surface area contributed by atoms with E-state index in [0.717, 1.165) is 85.5 Å². The number of aromatic nitrogens is 17. The minimum absolute atomic E-state index is 0. The lowest BCUT2D eigenvalue weighted by Crippen LogP contribution is -2.31. The third-order valence-corrected chi connectivity index (χ3v) is 18.8. The van der Waals surface area contributed by atoms with Crippen LogP contribution in [-0.2, 0) is 19.3 Å². The van der Waals surface area contributed by atoms with Gasteiger partial charge in [-0.3, -0.25) is 44.5 Å². The van der Waals surface area contributed by atoms with E-state index < -0.39 is 5.82 Å². The van der Waals surface area contributed by atoms with Crippen molar-refractivity contribution in [3.63, 3.8) is 0 Å². The molecular weight excluding hydrogens is 1700 g/mol. The Labute approximate surface area is 748 Å². The molecule has 0 saturated carbocycles. The number of ketones is 2. The van der Waals surface area contributed by atoms with Gasteiger partial charge in [-0.25, -0.2) is 54.0 Å². The lowest BCUT2D eigenvalue weighted by atomic mass is 10.0. The van der Waals surface area contributed by atoms with Gasteiger partial charge in [0.15, 0.2) is 11.6 Å². The summed E-state index contributed by atoms with van der Waals surface area (Å²) >= 11 is 15.1. The maximum atomic E-state index is 13.6. The maximum absolute atomic E-state index is 13.6. The van der Waals surface area contributed by atoms with E-state index in [1.54, 1.807) is 173 Å². The van der Waals surface area contributed by atoms with Crippen LogP contribution in [0.5, 0.6) is 0 Å². The third-order valence-electron chi connectivity index (χ3n) is 17.7. The predicted molar refractivity (Wildman–Crippen MR) is 501 cm³/mol. The number of pyridine rings is 7. The van der Waals surface area contributed by atoms with Crippen LogP contribution in [-0.4, -0.2) is 147 Å². The largest absolute Gasteiger partial charge is 0.353 e. The van der Waals surface area contributed by atoms with Crippen LogP contribution in [0.15, 0.2) is 344 Å². The van der Waals surface area contributed by atoms with E-state index in [1.807, 2.05) is 121 Å². The second-order valence-electron chi connectivity index (χ2n) is 27.0. The number of aliphatic imine (C=N–C) groups is 1. The number of carbonyl (C=O) groups is 2. The van der Waals surface area contributed by atoms with Crippen molar-refractivity contribution in [2.75, 3.05) is 42.6 Å². The van der Waals surface area contributed by atoms with Gasteiger partial charge in [0.2, 0.25) is 23.1 Å². The number of halogens is 4. The molecule has 0 aliphatic carbocycles. The predicted octanol–water partition coefficient (Wildman–Crippen LogP) is 17.1. The minimum Gasteiger partial charge on any atom is -0.353 e. The number of Topliss-reactive ketones (excluding diaryl/α,β-unsaturated/α-hetero) is 2. The Morgan fingerprint density at radius 2 is 0.841 bits per heavy atom. The fourth-order valence-corrected chi connectivity index (χ4v) is 12.2. The van der Waals surface area contributed by atoms with Crippen LogP contribution < -0.4 is 38.8 Å². The fourth-order valence-electron chi connectivity index (χ4n) is 11.5. The Kier molecular flexibility index (Phi) is 39.8. The molecule has 31 heteroatoms. The first kappa shape index (κ1) is 95.2. The van der Waals surface area contributed by atoms with Crippen molar-refractivity contribution in [2.24, 2.45) is 22.2 Å². The monoisotopic (exact) mass is 1780 g/mol. The van der Waals surface area contributed by atoms with Gasteiger partial charge >= 0.3 is 5.69 Å². The first-order valence-electron chi connectivity index (χ1n) is 39.1. The summed E-state index contributed by atoms with van der Waals surface area (Å²) in [6, 6.07) is 66.0. The molecule has 0 spiro atoms. The number of hydrogen-bond acceptors (Lipinski definition) is 26. The molecule has 27 nitrogen and oxygen atoms in total. The van der Waals surface area contributed by atoms with Gasteiger partial charge in [0.1, 0.15) is 5.82 Å². The van der Waals surface area contributed by atoms with E-state index >= 15 is 0 Å². The van der Waals surface area contributed by atoms with Gasteiger partial charge < -0.3 is 43.1 Å². The van der Waals surface area contributed by atoms with E-state index in [4.69, 9.17) is 45.4 Å². The van der Waals surface area contributed by atoms with Gasteiger partial charge in [0.05, 0.1) is 38.0 Å². The van der Waals surface area contributed by atoms with Crippen molar-refractivity contribution in [2.45, 2.75) is 58.2 Å². The van der Waals surface area contributed by atoms with Crippen LogP contribution in [0.3, 0.4) is 0 Å². The Bertz CT molecular complexity index is 5980. The SMILES string of the molecule is C.CC(=O)c1ccncc1.CN=CCC(=O)c1ccncc1.Clc1nccc(-c2ccncc2)n1.N[C@H](CNc1ncc(-c2ccc(F)c(Cl)c2)c(-c2ccncc2)n1)Cc1ccccc1.N[C@H](CNc1ncc(Br)c(-c2ccncc2)n1)Cc1ccccc1.N[C@H](CNc1nccc(-c2ccncc2)n1)Cc1ccccc1.O=c1nccc(-c2ccncc2)[nH]1. The highest BCUT2D eigenvalue weighted by atomic mass is 79.9. The molecule has 16 rings (SSSR count). The topological polar surface area (TPSA) is 400 Å². The molecule has 0 amide bonds. The number of nitrogens with two attached hydrogens (primary N) is 3. The van der Waals surface area contributed by atoms with Crippen molar-refractivity contribution >= 4 is 74.8 Å². The van der Waals surface area contributed by atoms with Crippen LogP contribution in [0.4, 0.5) is 22.2 Å². The Balaban J connectivity index is 0.000000172. The number of benzene rings is 4. The van der Waals surface area contributed by atoms with Gasteiger partial charge in [-0.1, -0.05) is 116 Å². The Morgan fingerprint density at radius 1 is 0.444 bits per heavy atom. The van der Waals surface area contributed by atoms with Gasteiger partial charge in [-0.2, -0.15) is 0 Å². The van der Waals surface area contributed by atoms with Crippen LogP contribution >= 0.6 is 39.1 Å². The molecule has 12 aromatic heterocycles. The van der Waals surface area contributed by atoms with Crippen LogP contribution in [0.1, 0.15) is 58.2 Å². The molecule has 0 aliphatic heterocycles. The first-order chi connectivity index (χ1) is 61.0. The number of anilines is 3. The standard InChI is InChI=1S/C24H21ClFN5.C18H18BrN5.C18H19N5.C9H6ClN3.C9H7N3O.C9H10N2O.C7H7NO.CH4/c25-21-13-18(6-7-22(21)26)20-15-30-24(31-23(20)17-8-10-28-11-9-17)29-14-19(27)12-16-4-2-1-3-5-16;19-16-12-23-18(24-17(16)14-6-8-21-9-7-14)22-11-15(20)10-13-4-2-1-3-5-13;19-16(12-14-4-2-1-3-5-14)13-22-18-21-11-8-17(23-18)15-6-9-20-10-7-15;10-9-12-6-3-8(13-9)7-1-4-11-5-2-7;13-9-11-6-3-8(12-9)7-1-4-10-5-2-7;1-10-5-4-9(12)8-2-6-11-7-3-8;1-6(9)7-2-4-8-5-3-7;/h1-11,13,15,19H,12,14,27H2,(H,29,30,31);1-9,12,15H,10-11,20H2,(H,22,23,24);1-11,16H,12-13,19H2,(H,21,22,23);1-6H;1-6H,(H,11,12,13);2-3,5-7H,4H2,1H3;2-5H,1H3;1H4/t19-;15-;16-;;;;;/m000...../s1. The highest BCUT2D eigenvalue weighted by Crippen LogP contribution is 2.33. The molecule has 0 fully saturated rings. The van der Waals surface area contributed by atoms with Crippen LogP contribution in [0.25, 0.3) is 67.4 Å². The Morgan fingerprint density at radius 3 is 1.28 bits per heavy atom. The quantitative estimate of drug-likeness (QED) is 0.0159. The zero-order chi connectivity index (χ0) is 88.0. The lowest BCUT2D eigenvalue weighted by molar-refractivity contribution is 0.0997. The minimum atomic E-state index is -0.470. The number of hydrogen-bond donors (Lipinski definition) is 7.